The number of hydrogen-bond donors (Lipinski definition) is 0. The molecule has 0 fully saturated rings. The van der Waals surface area contributed by atoms with Gasteiger partial charge in [-0.2, -0.15) is 0 Å². The predicted molar refractivity (Wildman–Crippen MR) is 257 cm³/mol. The second-order valence-electron chi connectivity index (χ2n) is 16.9. The van der Waals surface area contributed by atoms with Crippen LogP contribution in [0.3, 0.4) is 0 Å². The molecule has 12 rings (SSSR count). The van der Waals surface area contributed by atoms with E-state index in [2.05, 4.69) is 219 Å². The molecule has 1 aromatic heterocycles. The van der Waals surface area contributed by atoms with Crippen molar-refractivity contribution in [1.82, 2.24) is 0 Å². The van der Waals surface area contributed by atoms with E-state index in [4.69, 9.17) is 4.42 Å². The van der Waals surface area contributed by atoms with Gasteiger partial charge < -0.3 is 9.32 Å². The Morgan fingerprint density at radius 2 is 0.984 bits per heavy atom. The topological polar surface area (TPSA) is 16.4 Å². The Labute approximate surface area is 355 Å². The summed E-state index contributed by atoms with van der Waals surface area (Å²) in [6, 6.07) is 77.5. The molecule has 288 valence electrons. The molecule has 1 aliphatic rings. The van der Waals surface area contributed by atoms with Crippen molar-refractivity contribution in [3.63, 3.8) is 0 Å². The molecule has 0 aliphatic heterocycles. The van der Waals surface area contributed by atoms with Crippen LogP contribution in [-0.2, 0) is 5.41 Å². The third-order valence-corrected chi connectivity index (χ3v) is 13.1. The zero-order valence-electron chi connectivity index (χ0n) is 34.1. The molecular weight excluding hydrogens is 739 g/mol. The summed E-state index contributed by atoms with van der Waals surface area (Å²) < 4.78 is 6.41. The van der Waals surface area contributed by atoms with E-state index in [0.29, 0.717) is 0 Å². The van der Waals surface area contributed by atoms with Crippen LogP contribution in [0, 0.1) is 0 Å². The van der Waals surface area contributed by atoms with Crippen LogP contribution in [0.1, 0.15) is 25.0 Å². The minimum absolute atomic E-state index is 0.0375. The van der Waals surface area contributed by atoms with Gasteiger partial charge in [0.15, 0.2) is 0 Å². The van der Waals surface area contributed by atoms with Crippen molar-refractivity contribution in [1.29, 1.82) is 0 Å². The van der Waals surface area contributed by atoms with Crippen molar-refractivity contribution in [2.45, 2.75) is 19.3 Å². The standard InChI is InChI=1S/C59H41NO/c1-59(2)54-22-8-5-18-50(54)53-36-41(29-34-55(53)59)40-14-11-15-44(35-40)60(56-23-9-6-17-47(56)42-28-33-52-51-19-7-10-24-57(51)61-58(52)37-42)43-30-25-39(26-31-43)46-20-12-21-48-45-16-4-3-13-38(45)27-32-49(46)48/h3-37H,1-2H3. The quantitative estimate of drug-likeness (QED) is 0.156. The predicted octanol–water partition coefficient (Wildman–Crippen LogP) is 16.7. The summed E-state index contributed by atoms with van der Waals surface area (Å²) in [6.45, 7) is 4.68. The molecule has 0 N–H and O–H groups in total. The smallest absolute Gasteiger partial charge is 0.136 e. The Bertz CT molecular complexity index is 3520. The minimum atomic E-state index is -0.0375. The first-order valence-electron chi connectivity index (χ1n) is 21.2. The largest absolute Gasteiger partial charge is 0.456 e. The zero-order chi connectivity index (χ0) is 40.7. The highest BCUT2D eigenvalue weighted by Crippen LogP contribution is 2.50. The molecule has 0 saturated heterocycles. The summed E-state index contributed by atoms with van der Waals surface area (Å²) >= 11 is 0. The van der Waals surface area contributed by atoms with E-state index in [0.717, 1.165) is 50.1 Å². The maximum Gasteiger partial charge on any atom is 0.136 e. The normalized spacial score (nSPS) is 12.9. The molecule has 0 amide bonds. The fourth-order valence-electron chi connectivity index (χ4n) is 10.0. The molecule has 0 spiro atoms. The van der Waals surface area contributed by atoms with Gasteiger partial charge in [-0.3, -0.25) is 0 Å². The lowest BCUT2D eigenvalue weighted by atomic mass is 9.82. The lowest BCUT2D eigenvalue weighted by Gasteiger charge is -2.28. The van der Waals surface area contributed by atoms with Crippen molar-refractivity contribution in [3.05, 3.63) is 223 Å². The number of anilines is 3. The van der Waals surface area contributed by atoms with E-state index in [-0.39, 0.29) is 5.41 Å². The molecule has 0 saturated carbocycles. The highest BCUT2D eigenvalue weighted by atomic mass is 16.3. The molecule has 10 aromatic carbocycles. The highest BCUT2D eigenvalue weighted by Gasteiger charge is 2.35. The lowest BCUT2D eigenvalue weighted by molar-refractivity contribution is 0.660. The molecule has 1 heterocycles. The molecule has 0 radical (unpaired) electrons. The number of hydrogen-bond acceptors (Lipinski definition) is 2. The van der Waals surface area contributed by atoms with Crippen molar-refractivity contribution in [2.75, 3.05) is 4.90 Å². The van der Waals surface area contributed by atoms with Crippen LogP contribution in [0.15, 0.2) is 217 Å². The van der Waals surface area contributed by atoms with E-state index >= 15 is 0 Å². The number of nitrogens with zero attached hydrogens (tertiary/aromatic N) is 1. The second kappa shape index (κ2) is 13.7. The Hall–Kier alpha value is -7.68. The van der Waals surface area contributed by atoms with E-state index in [1.54, 1.807) is 0 Å². The molecule has 2 heteroatoms. The summed E-state index contributed by atoms with van der Waals surface area (Å²) in [4.78, 5) is 2.41. The maximum absolute atomic E-state index is 6.41. The molecule has 0 unspecified atom stereocenters. The Balaban J connectivity index is 1.01. The van der Waals surface area contributed by atoms with E-state index in [9.17, 15) is 0 Å². The molecule has 2 nitrogen and oxygen atoms in total. The van der Waals surface area contributed by atoms with Crippen molar-refractivity contribution >= 4 is 60.5 Å². The first kappa shape index (κ1) is 35.3. The van der Waals surface area contributed by atoms with Crippen LogP contribution in [0.2, 0.25) is 0 Å². The fourth-order valence-corrected chi connectivity index (χ4v) is 10.0. The van der Waals surface area contributed by atoms with Crippen LogP contribution in [0.5, 0.6) is 0 Å². The van der Waals surface area contributed by atoms with E-state index in [1.807, 2.05) is 12.1 Å². The third kappa shape index (κ3) is 5.64. The van der Waals surface area contributed by atoms with Gasteiger partial charge in [0, 0.05) is 33.1 Å². The average molecular weight is 780 g/mol. The highest BCUT2D eigenvalue weighted by molar-refractivity contribution is 6.12. The molecule has 0 atom stereocenters. The van der Waals surface area contributed by atoms with Crippen molar-refractivity contribution < 1.29 is 4.42 Å². The Morgan fingerprint density at radius 3 is 1.89 bits per heavy atom. The van der Waals surface area contributed by atoms with Gasteiger partial charge in [-0.15, -0.1) is 0 Å². The monoisotopic (exact) mass is 779 g/mol. The number of rotatable bonds is 6. The van der Waals surface area contributed by atoms with Gasteiger partial charge in [0.05, 0.1) is 5.69 Å². The molecule has 61 heavy (non-hydrogen) atoms. The summed E-state index contributed by atoms with van der Waals surface area (Å²) in [5.74, 6) is 0. The van der Waals surface area contributed by atoms with Gasteiger partial charge in [-0.1, -0.05) is 172 Å². The van der Waals surface area contributed by atoms with Crippen LogP contribution >= 0.6 is 0 Å². The molecule has 1 aliphatic carbocycles. The SMILES string of the molecule is CC1(C)c2ccccc2-c2cc(-c3cccc(N(c4ccc(-c5cccc6c5ccc5ccccc56)cc4)c4ccccc4-c4ccc5c(c4)oc4ccccc45)c3)ccc21. The van der Waals surface area contributed by atoms with E-state index in [1.165, 1.54) is 66.1 Å². The van der Waals surface area contributed by atoms with Crippen molar-refractivity contribution in [2.24, 2.45) is 0 Å². The van der Waals surface area contributed by atoms with Crippen LogP contribution < -0.4 is 4.90 Å². The van der Waals surface area contributed by atoms with Crippen LogP contribution in [0.25, 0.3) is 88.0 Å². The first-order valence-corrected chi connectivity index (χ1v) is 21.2. The Kier molecular flexibility index (Phi) is 7.92. The number of fused-ring (bicyclic) bond motifs is 9. The number of para-hydroxylation sites is 2. The van der Waals surface area contributed by atoms with Gasteiger partial charge in [-0.05, 0) is 126 Å². The second-order valence-corrected chi connectivity index (χ2v) is 16.9. The van der Waals surface area contributed by atoms with Gasteiger partial charge in [0.1, 0.15) is 11.2 Å². The van der Waals surface area contributed by atoms with Crippen LogP contribution in [0.4, 0.5) is 17.1 Å². The lowest BCUT2D eigenvalue weighted by Crippen LogP contribution is -2.14. The van der Waals surface area contributed by atoms with Crippen LogP contribution in [-0.4, -0.2) is 0 Å². The summed E-state index contributed by atoms with van der Waals surface area (Å²) in [5.41, 5.74) is 17.4. The summed E-state index contributed by atoms with van der Waals surface area (Å²) in [5, 5.41) is 7.31. The van der Waals surface area contributed by atoms with Gasteiger partial charge in [0.2, 0.25) is 0 Å². The van der Waals surface area contributed by atoms with Crippen molar-refractivity contribution in [3.8, 4) is 44.5 Å². The molecular formula is C59H41NO. The summed E-state index contributed by atoms with van der Waals surface area (Å²) in [6.07, 6.45) is 0. The fraction of sp³-hybridized carbons (Fsp3) is 0.0508. The molecule has 0 bridgehead atoms. The summed E-state index contributed by atoms with van der Waals surface area (Å²) in [7, 11) is 0. The number of furan rings is 1. The van der Waals surface area contributed by atoms with E-state index < -0.39 is 0 Å². The maximum atomic E-state index is 6.41. The van der Waals surface area contributed by atoms with Gasteiger partial charge >= 0.3 is 0 Å². The third-order valence-electron chi connectivity index (χ3n) is 13.1. The van der Waals surface area contributed by atoms with Gasteiger partial charge in [0.25, 0.3) is 0 Å². The average Bonchev–Trinajstić information content (AvgIpc) is 3.80. The Morgan fingerprint density at radius 1 is 0.344 bits per heavy atom. The van der Waals surface area contributed by atoms with Gasteiger partial charge in [-0.25, -0.2) is 0 Å². The molecule has 11 aromatic rings. The first-order chi connectivity index (χ1) is 30.0. The minimum Gasteiger partial charge on any atom is -0.456 e. The number of benzene rings is 10. The zero-order valence-corrected chi connectivity index (χ0v) is 34.1.